The maximum absolute atomic E-state index is 9.79. The lowest BCUT2D eigenvalue weighted by Crippen LogP contribution is -2.28. The number of phenolic OH excluding ortho intramolecular Hbond substituents is 2. The van der Waals surface area contributed by atoms with E-state index in [0.29, 0.717) is 18.2 Å². The summed E-state index contributed by atoms with van der Waals surface area (Å²) in [5.41, 5.74) is 3.93. The van der Waals surface area contributed by atoms with Crippen molar-refractivity contribution in [1.29, 1.82) is 0 Å². The Morgan fingerprint density at radius 2 is 1.88 bits per heavy atom. The molecule has 0 radical (unpaired) electrons. The normalized spacial score (nSPS) is 17.1. The molecule has 0 unspecified atom stereocenters. The Kier molecular flexibility index (Phi) is 4.67. The quantitative estimate of drug-likeness (QED) is 0.787. The molecule has 2 aromatic carbocycles. The number of ether oxygens (including phenoxy) is 1. The lowest BCUT2D eigenvalue weighted by atomic mass is 9.83. The Labute approximate surface area is 152 Å². The third kappa shape index (κ3) is 3.20. The molecule has 0 saturated carbocycles. The van der Waals surface area contributed by atoms with Crippen LogP contribution >= 0.6 is 11.6 Å². The summed E-state index contributed by atoms with van der Waals surface area (Å²) in [5.74, 6) is -0.256. The summed E-state index contributed by atoms with van der Waals surface area (Å²) in [5, 5.41) is 20.0. The minimum absolute atomic E-state index is 0.126. The second kappa shape index (κ2) is 6.62. The summed E-state index contributed by atoms with van der Waals surface area (Å²) >= 11 is 6.23. The third-order valence-electron chi connectivity index (χ3n) is 4.68. The molecule has 0 bridgehead atoms. The second-order valence-electron chi connectivity index (χ2n) is 6.71. The van der Waals surface area contributed by atoms with Crippen molar-refractivity contribution < 1.29 is 14.9 Å². The van der Waals surface area contributed by atoms with Crippen molar-refractivity contribution in [3.63, 3.8) is 0 Å². The number of methoxy groups -OCH3 is 1. The summed E-state index contributed by atoms with van der Waals surface area (Å²) in [7, 11) is 1.69. The molecule has 0 atom stereocenters. The van der Waals surface area contributed by atoms with Gasteiger partial charge in [0.05, 0.1) is 6.61 Å². The van der Waals surface area contributed by atoms with Crippen molar-refractivity contribution >= 4 is 23.4 Å². The molecule has 0 fully saturated rings. The molecule has 0 aliphatic carbocycles. The van der Waals surface area contributed by atoms with E-state index >= 15 is 0 Å². The lowest BCUT2D eigenvalue weighted by molar-refractivity contribution is 0.206. The first-order chi connectivity index (χ1) is 11.8. The van der Waals surface area contributed by atoms with Gasteiger partial charge in [0, 0.05) is 35.5 Å². The molecule has 2 aromatic rings. The fraction of sp³-hybridized carbons (Fsp3) is 0.300. The fourth-order valence-corrected chi connectivity index (χ4v) is 3.49. The Balaban J connectivity index is 2.12. The smallest absolute Gasteiger partial charge is 0.157 e. The van der Waals surface area contributed by atoms with Crippen molar-refractivity contribution in [2.75, 3.05) is 25.2 Å². The van der Waals surface area contributed by atoms with Crippen LogP contribution in [0.5, 0.6) is 11.5 Å². The van der Waals surface area contributed by atoms with Gasteiger partial charge in [-0.2, -0.15) is 0 Å². The zero-order valence-corrected chi connectivity index (χ0v) is 15.3. The molecule has 1 aliphatic rings. The zero-order chi connectivity index (χ0) is 18.2. The highest BCUT2D eigenvalue weighted by Gasteiger charge is 2.40. The van der Waals surface area contributed by atoms with E-state index in [1.54, 1.807) is 19.2 Å². The first-order valence-corrected chi connectivity index (χ1v) is 8.53. The molecule has 25 heavy (non-hydrogen) atoms. The van der Waals surface area contributed by atoms with Gasteiger partial charge in [0.1, 0.15) is 0 Å². The minimum atomic E-state index is -0.249. The summed E-state index contributed by atoms with van der Waals surface area (Å²) in [4.78, 5) is 2.22. The lowest BCUT2D eigenvalue weighted by Gasteiger charge is -2.27. The molecule has 1 heterocycles. The summed E-state index contributed by atoms with van der Waals surface area (Å²) in [6, 6.07) is 10.8. The maximum atomic E-state index is 9.79. The van der Waals surface area contributed by atoms with Gasteiger partial charge in [0.2, 0.25) is 0 Å². The van der Waals surface area contributed by atoms with Crippen LogP contribution in [0, 0.1) is 0 Å². The molecule has 2 N–H and O–H groups in total. The number of aromatic hydroxyl groups is 2. The maximum Gasteiger partial charge on any atom is 0.157 e. The Morgan fingerprint density at radius 1 is 1.12 bits per heavy atom. The summed E-state index contributed by atoms with van der Waals surface area (Å²) in [6.07, 6.45) is 2.03. The van der Waals surface area contributed by atoms with E-state index in [1.807, 2.05) is 24.3 Å². The molecular formula is C20H22ClNO3. The van der Waals surface area contributed by atoms with Crippen LogP contribution in [-0.4, -0.2) is 30.5 Å². The number of nitrogens with zero attached hydrogens (tertiary/aromatic N) is 1. The van der Waals surface area contributed by atoms with Gasteiger partial charge in [-0.15, -0.1) is 0 Å². The van der Waals surface area contributed by atoms with Gasteiger partial charge in [-0.3, -0.25) is 0 Å². The number of hydrogen-bond donors (Lipinski definition) is 2. The standard InChI is InChI=1S/C20H22ClNO3/c1-20(2)15-12-14(21)5-6-16(15)22(8-9-25-3)19(20)11-13-4-7-17(23)18(24)10-13/h4-7,10-12,23-24H,8-9H2,1-3H3. The first-order valence-electron chi connectivity index (χ1n) is 8.15. The summed E-state index contributed by atoms with van der Waals surface area (Å²) in [6.45, 7) is 5.61. The van der Waals surface area contributed by atoms with E-state index in [1.165, 1.54) is 6.07 Å². The number of rotatable bonds is 4. The highest BCUT2D eigenvalue weighted by molar-refractivity contribution is 6.30. The highest BCUT2D eigenvalue weighted by atomic mass is 35.5. The predicted molar refractivity (Wildman–Crippen MR) is 101 cm³/mol. The van der Waals surface area contributed by atoms with E-state index < -0.39 is 0 Å². The average molecular weight is 360 g/mol. The van der Waals surface area contributed by atoms with E-state index in [0.717, 1.165) is 22.5 Å². The Morgan fingerprint density at radius 3 is 2.56 bits per heavy atom. The van der Waals surface area contributed by atoms with Gasteiger partial charge in [-0.1, -0.05) is 31.5 Å². The first kappa shape index (κ1) is 17.6. The number of halogens is 1. The topological polar surface area (TPSA) is 52.9 Å². The molecule has 1 aliphatic heterocycles. The van der Waals surface area contributed by atoms with Crippen LogP contribution in [0.15, 0.2) is 42.1 Å². The van der Waals surface area contributed by atoms with Crippen LogP contribution in [0.1, 0.15) is 25.0 Å². The number of phenols is 2. The van der Waals surface area contributed by atoms with E-state index in [9.17, 15) is 10.2 Å². The third-order valence-corrected chi connectivity index (χ3v) is 4.91. The number of allylic oxidation sites excluding steroid dienone is 1. The van der Waals surface area contributed by atoms with E-state index in [-0.39, 0.29) is 16.9 Å². The molecule has 0 saturated heterocycles. The van der Waals surface area contributed by atoms with E-state index in [4.69, 9.17) is 16.3 Å². The van der Waals surface area contributed by atoms with Crippen molar-refractivity contribution in [1.82, 2.24) is 0 Å². The van der Waals surface area contributed by atoms with Crippen LogP contribution in [0.2, 0.25) is 5.02 Å². The van der Waals surface area contributed by atoms with Gasteiger partial charge in [0.25, 0.3) is 0 Å². The predicted octanol–water partition coefficient (Wildman–Crippen LogP) is 4.54. The molecule has 0 aromatic heterocycles. The summed E-state index contributed by atoms with van der Waals surface area (Å²) < 4.78 is 5.28. The molecule has 0 amide bonds. The van der Waals surface area contributed by atoms with Crippen molar-refractivity contribution in [3.05, 3.63) is 58.2 Å². The highest BCUT2D eigenvalue weighted by Crippen LogP contribution is 2.49. The van der Waals surface area contributed by atoms with Crippen molar-refractivity contribution in [2.24, 2.45) is 0 Å². The molecular weight excluding hydrogens is 338 g/mol. The van der Waals surface area contributed by atoms with Crippen molar-refractivity contribution in [3.8, 4) is 11.5 Å². The van der Waals surface area contributed by atoms with Gasteiger partial charge in [0.15, 0.2) is 11.5 Å². The van der Waals surface area contributed by atoms with Gasteiger partial charge in [-0.25, -0.2) is 0 Å². The van der Waals surface area contributed by atoms with Crippen LogP contribution < -0.4 is 4.90 Å². The van der Waals surface area contributed by atoms with Crippen LogP contribution in [0.4, 0.5) is 5.69 Å². The van der Waals surface area contributed by atoms with Gasteiger partial charge in [-0.05, 0) is 47.5 Å². The second-order valence-corrected chi connectivity index (χ2v) is 7.15. The fourth-order valence-electron chi connectivity index (χ4n) is 3.32. The number of anilines is 1. The number of benzene rings is 2. The monoisotopic (exact) mass is 359 g/mol. The number of hydrogen-bond acceptors (Lipinski definition) is 4. The number of fused-ring (bicyclic) bond motifs is 1. The molecule has 4 nitrogen and oxygen atoms in total. The average Bonchev–Trinajstić information content (AvgIpc) is 2.77. The Bertz CT molecular complexity index is 830. The van der Waals surface area contributed by atoms with Gasteiger partial charge >= 0.3 is 0 Å². The largest absolute Gasteiger partial charge is 0.504 e. The van der Waals surface area contributed by atoms with Crippen LogP contribution in [0.25, 0.3) is 6.08 Å². The van der Waals surface area contributed by atoms with E-state index in [2.05, 4.69) is 18.7 Å². The van der Waals surface area contributed by atoms with Gasteiger partial charge < -0.3 is 19.8 Å². The zero-order valence-electron chi connectivity index (χ0n) is 14.6. The molecule has 132 valence electrons. The minimum Gasteiger partial charge on any atom is -0.504 e. The Hall–Kier alpha value is -2.17. The van der Waals surface area contributed by atoms with Crippen molar-refractivity contribution in [2.45, 2.75) is 19.3 Å². The SMILES string of the molecule is COCCN1C(=Cc2ccc(O)c(O)c2)C(C)(C)c2cc(Cl)ccc21. The molecule has 3 rings (SSSR count). The van der Waals surface area contributed by atoms with Crippen LogP contribution in [0.3, 0.4) is 0 Å². The molecule has 5 heteroatoms. The van der Waals surface area contributed by atoms with Crippen LogP contribution in [-0.2, 0) is 10.2 Å². The molecule has 0 spiro atoms.